The molecule has 0 atom stereocenters. The fraction of sp³-hybridized carbons (Fsp3) is 0.0588. The molecule has 346 valence electrons. The fourth-order valence-electron chi connectivity index (χ4n) is 10.8. The van der Waals surface area contributed by atoms with E-state index in [1.165, 1.54) is 77.7 Å². The van der Waals surface area contributed by atoms with Gasteiger partial charge in [0, 0.05) is 56.3 Å². The Hall–Kier alpha value is -9.12. The smallest absolute Gasteiger partial charge is 0.0570 e. The number of benzene rings is 10. The number of rotatable bonds is 11. The van der Waals surface area contributed by atoms with Gasteiger partial charge >= 0.3 is 0 Å². The third-order valence-corrected chi connectivity index (χ3v) is 14.1. The first-order valence-electron chi connectivity index (χ1n) is 24.8. The van der Waals surface area contributed by atoms with Gasteiger partial charge in [0.05, 0.1) is 22.4 Å². The van der Waals surface area contributed by atoms with Gasteiger partial charge in [-0.15, -0.1) is 0 Å². The lowest BCUT2D eigenvalue weighted by molar-refractivity contribution is 1.12. The number of hydrogen-bond acceptors (Lipinski definition) is 2. The number of nitrogens with zero attached hydrogens (tertiary/aromatic N) is 4. The summed E-state index contributed by atoms with van der Waals surface area (Å²) in [6, 6.07) is 92.4. The molecular formula is C68H54N4. The number of hydrogen-bond donors (Lipinski definition) is 0. The Balaban J connectivity index is 0.955. The van der Waals surface area contributed by atoms with E-state index in [-0.39, 0.29) is 0 Å². The van der Waals surface area contributed by atoms with Crippen molar-refractivity contribution in [1.82, 2.24) is 9.13 Å². The zero-order valence-corrected chi connectivity index (χ0v) is 41.0. The molecule has 0 unspecified atom stereocenters. The van der Waals surface area contributed by atoms with Gasteiger partial charge in [-0.3, -0.25) is 0 Å². The first-order chi connectivity index (χ1) is 35.4. The van der Waals surface area contributed by atoms with E-state index < -0.39 is 0 Å². The summed E-state index contributed by atoms with van der Waals surface area (Å²) in [5.74, 6) is 0. The Morgan fingerprint density at radius 3 is 0.958 bits per heavy atom. The topological polar surface area (TPSA) is 16.3 Å². The Kier molecular flexibility index (Phi) is 11.4. The molecule has 4 heteroatoms. The highest BCUT2D eigenvalue weighted by Crippen LogP contribution is 2.43. The van der Waals surface area contributed by atoms with Crippen LogP contribution in [-0.4, -0.2) is 9.13 Å². The van der Waals surface area contributed by atoms with E-state index in [1.807, 2.05) is 0 Å². The monoisotopic (exact) mass is 926 g/mol. The van der Waals surface area contributed by atoms with Gasteiger partial charge in [0.1, 0.15) is 0 Å². The van der Waals surface area contributed by atoms with Crippen LogP contribution in [-0.2, 0) is 0 Å². The first kappa shape index (κ1) is 44.1. The molecular weight excluding hydrogens is 873 g/mol. The number of anilines is 6. The zero-order valence-electron chi connectivity index (χ0n) is 41.0. The lowest BCUT2D eigenvalue weighted by Gasteiger charge is -2.26. The molecule has 0 amide bonds. The quantitative estimate of drug-likeness (QED) is 0.129. The van der Waals surface area contributed by atoms with E-state index >= 15 is 0 Å². The minimum Gasteiger partial charge on any atom is -0.310 e. The first-order valence-corrected chi connectivity index (χ1v) is 24.8. The molecule has 0 N–H and O–H groups in total. The maximum atomic E-state index is 2.44. The van der Waals surface area contributed by atoms with Crippen LogP contribution in [0.15, 0.2) is 255 Å². The van der Waals surface area contributed by atoms with Crippen molar-refractivity contribution in [3.8, 4) is 45.0 Å². The molecule has 0 aliphatic rings. The van der Waals surface area contributed by atoms with E-state index in [1.54, 1.807) is 0 Å². The van der Waals surface area contributed by atoms with Crippen molar-refractivity contribution in [2.75, 3.05) is 9.80 Å². The Morgan fingerprint density at radius 1 is 0.264 bits per heavy atom. The maximum Gasteiger partial charge on any atom is 0.0570 e. The summed E-state index contributed by atoms with van der Waals surface area (Å²) in [5, 5.41) is 2.46. The molecule has 72 heavy (non-hydrogen) atoms. The van der Waals surface area contributed by atoms with E-state index in [0.29, 0.717) is 0 Å². The average Bonchev–Trinajstić information content (AvgIpc) is 3.89. The molecule has 12 aromatic rings. The van der Waals surface area contributed by atoms with Crippen LogP contribution in [0.1, 0.15) is 22.3 Å². The summed E-state index contributed by atoms with van der Waals surface area (Å²) in [7, 11) is 0. The van der Waals surface area contributed by atoms with Crippen molar-refractivity contribution in [2.45, 2.75) is 27.7 Å². The van der Waals surface area contributed by atoms with Crippen LogP contribution in [0.4, 0.5) is 34.1 Å². The highest BCUT2D eigenvalue weighted by Gasteiger charge is 2.22. The Labute approximate surface area is 422 Å². The van der Waals surface area contributed by atoms with Crippen LogP contribution in [0.5, 0.6) is 0 Å². The van der Waals surface area contributed by atoms with Crippen LogP contribution in [0.25, 0.3) is 66.8 Å². The zero-order chi connectivity index (χ0) is 48.7. The molecule has 0 spiro atoms. The summed E-state index contributed by atoms with van der Waals surface area (Å²) >= 11 is 0. The van der Waals surface area contributed by atoms with E-state index in [4.69, 9.17) is 0 Å². The van der Waals surface area contributed by atoms with Gasteiger partial charge in [-0.05, 0) is 194 Å². The second kappa shape index (κ2) is 18.7. The van der Waals surface area contributed by atoms with Crippen molar-refractivity contribution in [3.63, 3.8) is 0 Å². The van der Waals surface area contributed by atoms with Crippen molar-refractivity contribution in [2.24, 2.45) is 0 Å². The molecule has 0 fully saturated rings. The summed E-state index contributed by atoms with van der Waals surface area (Å²) in [6.45, 7) is 8.85. The second-order valence-electron chi connectivity index (χ2n) is 18.9. The van der Waals surface area contributed by atoms with Gasteiger partial charge in [0.15, 0.2) is 0 Å². The average molecular weight is 927 g/mol. The van der Waals surface area contributed by atoms with Crippen LogP contribution in [0, 0.1) is 27.7 Å². The number of aromatic nitrogens is 2. The predicted octanol–water partition coefficient (Wildman–Crippen LogP) is 18.7. The van der Waals surface area contributed by atoms with E-state index in [9.17, 15) is 0 Å². The van der Waals surface area contributed by atoms with Gasteiger partial charge in [0.2, 0.25) is 0 Å². The van der Waals surface area contributed by atoms with Crippen LogP contribution in [0.2, 0.25) is 0 Å². The molecule has 0 bridgehead atoms. The molecule has 2 heterocycles. The SMILES string of the molecule is Cc1cccc(N(c2ccccc2)c2ccc(-n3c(-c4ccccc4)c(C)c4cc(-c5ccc6c(c5)c(C)c(-c5ccccc5)n6-c5ccc(N(c6ccccc6)c6cccc(C)c6)cc5)ccc43)cc2)c1. The fourth-order valence-corrected chi connectivity index (χ4v) is 10.8. The molecule has 0 saturated carbocycles. The minimum atomic E-state index is 1.10. The molecule has 0 saturated heterocycles. The van der Waals surface area contributed by atoms with E-state index in [2.05, 4.69) is 301 Å². The number of para-hydroxylation sites is 2. The molecule has 12 rings (SSSR count). The lowest BCUT2D eigenvalue weighted by atomic mass is 9.99. The number of aryl methyl sites for hydroxylation is 4. The minimum absolute atomic E-state index is 1.10. The second-order valence-corrected chi connectivity index (χ2v) is 18.9. The van der Waals surface area contributed by atoms with Crippen LogP contribution < -0.4 is 9.80 Å². The predicted molar refractivity (Wildman–Crippen MR) is 305 cm³/mol. The van der Waals surface area contributed by atoms with Crippen molar-refractivity contribution in [1.29, 1.82) is 0 Å². The molecule has 0 aliphatic heterocycles. The molecule has 0 radical (unpaired) electrons. The summed E-state index contributed by atoms with van der Waals surface area (Å²) in [4.78, 5) is 4.66. The molecule has 4 nitrogen and oxygen atoms in total. The van der Waals surface area contributed by atoms with Crippen molar-refractivity contribution in [3.05, 3.63) is 277 Å². The van der Waals surface area contributed by atoms with Gasteiger partial charge in [-0.2, -0.15) is 0 Å². The van der Waals surface area contributed by atoms with E-state index in [0.717, 1.165) is 45.5 Å². The largest absolute Gasteiger partial charge is 0.310 e. The van der Waals surface area contributed by atoms with Crippen molar-refractivity contribution < 1.29 is 0 Å². The van der Waals surface area contributed by atoms with Gasteiger partial charge in [0.25, 0.3) is 0 Å². The Bertz CT molecular complexity index is 3610. The molecule has 10 aromatic carbocycles. The molecule has 2 aromatic heterocycles. The van der Waals surface area contributed by atoms with Gasteiger partial charge in [-0.25, -0.2) is 0 Å². The number of fused-ring (bicyclic) bond motifs is 2. The standard InChI is InChI=1S/C68H54N4/c1-47-19-17-29-61(43-47)69(55-25-13-7-14-26-55)57-33-37-59(38-34-57)71-65-41-31-53(45-63(65)49(3)67(71)51-21-9-5-10-22-51)54-32-42-66-64(46-54)50(4)68(52-23-11-6-12-24-52)72(66)60-39-35-58(36-40-60)70(56-27-15-8-16-28-56)62-30-18-20-48(2)44-62/h5-46H,1-4H3. The van der Waals surface area contributed by atoms with Crippen LogP contribution in [0.3, 0.4) is 0 Å². The highest BCUT2D eigenvalue weighted by atomic mass is 15.1. The van der Waals surface area contributed by atoms with Gasteiger partial charge < -0.3 is 18.9 Å². The van der Waals surface area contributed by atoms with Crippen LogP contribution >= 0.6 is 0 Å². The lowest BCUT2D eigenvalue weighted by Crippen LogP contribution is -2.10. The molecule has 0 aliphatic carbocycles. The highest BCUT2D eigenvalue weighted by molar-refractivity contribution is 5.99. The summed E-state index contributed by atoms with van der Waals surface area (Å²) < 4.78 is 4.88. The normalized spacial score (nSPS) is 11.3. The summed E-state index contributed by atoms with van der Waals surface area (Å²) in [5.41, 5.74) is 23.4. The van der Waals surface area contributed by atoms with Crippen molar-refractivity contribution >= 4 is 55.9 Å². The maximum absolute atomic E-state index is 2.44. The van der Waals surface area contributed by atoms with Gasteiger partial charge in [-0.1, -0.05) is 133 Å². The third-order valence-electron chi connectivity index (χ3n) is 14.1. The Morgan fingerprint density at radius 2 is 0.597 bits per heavy atom. The third kappa shape index (κ3) is 8.03. The summed E-state index contributed by atoms with van der Waals surface area (Å²) in [6.07, 6.45) is 0.